The fourth-order valence-electron chi connectivity index (χ4n) is 4.67. The third-order valence-electron chi connectivity index (χ3n) is 6.94. The van der Waals surface area contributed by atoms with Gasteiger partial charge in [-0.15, -0.1) is 0 Å². The zero-order valence-corrected chi connectivity index (χ0v) is 25.9. The van der Waals surface area contributed by atoms with Crippen molar-refractivity contribution in [2.45, 2.75) is 39.2 Å². The van der Waals surface area contributed by atoms with Crippen LogP contribution in [0.5, 0.6) is 0 Å². The van der Waals surface area contributed by atoms with Gasteiger partial charge in [0.05, 0.1) is 58.2 Å². The Morgan fingerprint density at radius 2 is 1.57 bits per heavy atom. The quantitative estimate of drug-likeness (QED) is 0.118. The van der Waals surface area contributed by atoms with Crippen molar-refractivity contribution >= 4 is 39.7 Å². The maximum absolute atomic E-state index is 12.3. The number of aryl methyl sites for hydroxylation is 1. The number of fused-ring (bicyclic) bond motifs is 2. The summed E-state index contributed by atoms with van der Waals surface area (Å²) in [5, 5.41) is 5.43. The predicted molar refractivity (Wildman–Crippen MR) is 170 cm³/mol. The first-order chi connectivity index (χ1) is 22.5. The molecule has 15 nitrogen and oxygen atoms in total. The number of nitrogen functional groups attached to an aromatic ring is 2. The van der Waals surface area contributed by atoms with E-state index in [9.17, 15) is 4.79 Å². The Bertz CT molecular complexity index is 1710. The zero-order chi connectivity index (χ0) is 32.1. The number of carbonyl (C=O) groups excluding carboxylic acids is 1. The molecule has 4 N–H and O–H groups in total. The molecule has 244 valence electrons. The van der Waals surface area contributed by atoms with Crippen LogP contribution in [-0.4, -0.2) is 93.3 Å². The first-order valence-electron chi connectivity index (χ1n) is 15.3. The van der Waals surface area contributed by atoms with Crippen LogP contribution in [0.15, 0.2) is 41.3 Å². The van der Waals surface area contributed by atoms with Crippen molar-refractivity contribution in [1.29, 1.82) is 0 Å². The first-order valence-corrected chi connectivity index (χ1v) is 15.3. The van der Waals surface area contributed by atoms with Gasteiger partial charge in [-0.3, -0.25) is 4.79 Å². The molecule has 0 aliphatic carbocycles. The average molecular weight is 634 g/mol. The lowest BCUT2D eigenvalue weighted by atomic mass is 10.1. The lowest BCUT2D eigenvalue weighted by molar-refractivity contribution is -0.120. The molecule has 0 bridgehead atoms. The number of Topliss-reactive ketones (excluding diaryl/α,β-unsaturated/α-hetero) is 1. The minimum Gasteiger partial charge on any atom is -0.424 e. The summed E-state index contributed by atoms with van der Waals surface area (Å²) >= 11 is 0. The van der Waals surface area contributed by atoms with Gasteiger partial charge in [0.2, 0.25) is 0 Å². The molecule has 0 saturated carbocycles. The minimum atomic E-state index is 0.0892. The monoisotopic (exact) mass is 633 g/mol. The molecular formula is C31H39N9O6. The number of aromatic nitrogens is 7. The maximum Gasteiger partial charge on any atom is 0.292 e. The van der Waals surface area contributed by atoms with Crippen molar-refractivity contribution in [1.82, 2.24) is 34.7 Å². The molecule has 4 heterocycles. The van der Waals surface area contributed by atoms with Crippen LogP contribution in [0.25, 0.3) is 33.4 Å². The van der Waals surface area contributed by atoms with E-state index in [-0.39, 0.29) is 11.8 Å². The van der Waals surface area contributed by atoms with Crippen molar-refractivity contribution in [3.05, 3.63) is 48.3 Å². The van der Waals surface area contributed by atoms with Crippen molar-refractivity contribution < 1.29 is 28.2 Å². The lowest BCUT2D eigenvalue weighted by Crippen LogP contribution is -2.13. The Morgan fingerprint density at radius 1 is 0.870 bits per heavy atom. The third kappa shape index (κ3) is 9.00. The molecule has 0 amide bonds. The van der Waals surface area contributed by atoms with E-state index in [1.54, 1.807) is 23.1 Å². The van der Waals surface area contributed by atoms with Crippen molar-refractivity contribution in [3.63, 3.8) is 0 Å². The second-order valence-electron chi connectivity index (χ2n) is 10.4. The molecule has 0 aliphatic heterocycles. The fraction of sp³-hybridized carbons (Fsp3) is 0.452. The number of hydrogen-bond donors (Lipinski definition) is 2. The average Bonchev–Trinajstić information content (AvgIpc) is 3.62. The highest BCUT2D eigenvalue weighted by Gasteiger charge is 2.18. The highest BCUT2D eigenvalue weighted by Crippen LogP contribution is 2.32. The van der Waals surface area contributed by atoms with Gasteiger partial charge in [0, 0.05) is 49.4 Å². The molecule has 0 unspecified atom stereocenters. The Balaban J connectivity index is 1.05. The van der Waals surface area contributed by atoms with Gasteiger partial charge >= 0.3 is 0 Å². The SMILES string of the molecule is CCCOCCOCCOCCOCCC(=O)CCc1ncc(Cn2nc(-c3ccc4oc(N)nc4c3)c3c(N)ncnc32)cn1. The van der Waals surface area contributed by atoms with Crippen LogP contribution in [0.3, 0.4) is 0 Å². The first kappa shape index (κ1) is 32.8. The maximum atomic E-state index is 12.3. The summed E-state index contributed by atoms with van der Waals surface area (Å²) in [6, 6.07) is 5.56. The predicted octanol–water partition coefficient (Wildman–Crippen LogP) is 3.01. The molecular weight excluding hydrogens is 594 g/mol. The molecule has 0 atom stereocenters. The zero-order valence-electron chi connectivity index (χ0n) is 25.9. The van der Waals surface area contributed by atoms with Crippen LogP contribution in [0.1, 0.15) is 37.6 Å². The van der Waals surface area contributed by atoms with Crippen LogP contribution < -0.4 is 11.5 Å². The highest BCUT2D eigenvalue weighted by atomic mass is 16.6. The number of rotatable bonds is 20. The van der Waals surface area contributed by atoms with Crippen LogP contribution in [0.4, 0.5) is 11.8 Å². The Hall–Kier alpha value is -4.57. The smallest absolute Gasteiger partial charge is 0.292 e. The molecule has 4 aromatic heterocycles. The van der Waals surface area contributed by atoms with E-state index >= 15 is 0 Å². The molecule has 0 spiro atoms. The van der Waals surface area contributed by atoms with E-state index in [0.29, 0.717) is 112 Å². The van der Waals surface area contributed by atoms with Gasteiger partial charge in [0.15, 0.2) is 11.2 Å². The number of ketones is 1. The van der Waals surface area contributed by atoms with Gasteiger partial charge in [-0.1, -0.05) is 6.92 Å². The molecule has 46 heavy (non-hydrogen) atoms. The number of benzene rings is 1. The van der Waals surface area contributed by atoms with Crippen molar-refractivity contribution in [2.75, 3.05) is 64.3 Å². The third-order valence-corrected chi connectivity index (χ3v) is 6.94. The summed E-state index contributed by atoms with van der Waals surface area (Å²) in [6.45, 7) is 6.58. The highest BCUT2D eigenvalue weighted by molar-refractivity contribution is 5.99. The van der Waals surface area contributed by atoms with E-state index in [0.717, 1.165) is 24.2 Å². The van der Waals surface area contributed by atoms with E-state index in [4.69, 9.17) is 39.9 Å². The van der Waals surface area contributed by atoms with Gasteiger partial charge in [0.25, 0.3) is 6.01 Å². The molecule has 0 aliphatic rings. The fourth-order valence-corrected chi connectivity index (χ4v) is 4.67. The van der Waals surface area contributed by atoms with E-state index in [2.05, 4.69) is 31.8 Å². The van der Waals surface area contributed by atoms with Crippen LogP contribution in [0.2, 0.25) is 0 Å². The Morgan fingerprint density at radius 3 is 2.28 bits per heavy atom. The number of nitrogens with two attached hydrogens (primary N) is 2. The molecule has 1 aromatic carbocycles. The number of oxazole rings is 1. The summed E-state index contributed by atoms with van der Waals surface area (Å²) in [4.78, 5) is 34.1. The van der Waals surface area contributed by atoms with Gasteiger partial charge in [0.1, 0.15) is 35.0 Å². The normalized spacial score (nSPS) is 11.6. The van der Waals surface area contributed by atoms with Gasteiger partial charge in [-0.25, -0.2) is 24.6 Å². The molecule has 15 heteroatoms. The van der Waals surface area contributed by atoms with Crippen molar-refractivity contribution in [2.24, 2.45) is 0 Å². The number of nitrogens with zero attached hydrogens (tertiary/aromatic N) is 7. The second-order valence-corrected chi connectivity index (χ2v) is 10.4. The lowest BCUT2D eigenvalue weighted by Gasteiger charge is -2.07. The number of anilines is 2. The number of hydrogen-bond acceptors (Lipinski definition) is 14. The topological polar surface area (TPSA) is 201 Å². The van der Waals surface area contributed by atoms with Crippen LogP contribution >= 0.6 is 0 Å². The van der Waals surface area contributed by atoms with Gasteiger partial charge < -0.3 is 34.8 Å². The summed E-state index contributed by atoms with van der Waals surface area (Å²) in [6.07, 6.45) is 6.97. The van der Waals surface area contributed by atoms with Crippen LogP contribution in [0, 0.1) is 0 Å². The van der Waals surface area contributed by atoms with E-state index in [1.807, 2.05) is 12.1 Å². The Labute approximate surface area is 265 Å². The van der Waals surface area contributed by atoms with Crippen molar-refractivity contribution in [3.8, 4) is 11.3 Å². The second kappa shape index (κ2) is 16.7. The van der Waals surface area contributed by atoms with Crippen LogP contribution in [-0.2, 0) is 36.7 Å². The summed E-state index contributed by atoms with van der Waals surface area (Å²) in [5.41, 5.74) is 15.9. The largest absolute Gasteiger partial charge is 0.424 e. The molecule has 5 aromatic rings. The molecule has 0 fully saturated rings. The molecule has 0 saturated heterocycles. The number of carbonyl (C=O) groups is 1. The molecule has 0 radical (unpaired) electrons. The Kier molecular flexibility index (Phi) is 11.9. The molecule has 5 rings (SSSR count). The summed E-state index contributed by atoms with van der Waals surface area (Å²) in [7, 11) is 0. The standard InChI is InChI=1S/C31H39N9O6/c1-2-8-42-10-12-44-14-15-45-13-11-43-9-7-23(41)4-6-26-34-17-21(18-35-26)19-40-30-27(29(32)36-20-37-30)28(39-40)22-3-5-25-24(16-22)38-31(33)46-25/h3,5,16-18,20H,2,4,6-15,19H2,1H3,(H2,33,38)(H2,32,36,37). The van der Waals surface area contributed by atoms with E-state index in [1.165, 1.54) is 6.33 Å². The van der Waals surface area contributed by atoms with Gasteiger partial charge in [-0.05, 0) is 24.6 Å². The van der Waals surface area contributed by atoms with E-state index < -0.39 is 0 Å². The summed E-state index contributed by atoms with van der Waals surface area (Å²) in [5.74, 6) is 0.987. The summed E-state index contributed by atoms with van der Waals surface area (Å²) < 4.78 is 28.9. The van der Waals surface area contributed by atoms with Gasteiger partial charge in [-0.2, -0.15) is 10.1 Å². The minimum absolute atomic E-state index is 0.0892. The number of ether oxygens (including phenoxy) is 4.